The lowest BCUT2D eigenvalue weighted by molar-refractivity contribution is -0.128. The van der Waals surface area contributed by atoms with Crippen molar-refractivity contribution in [1.29, 1.82) is 0 Å². The van der Waals surface area contributed by atoms with Crippen LogP contribution in [0.3, 0.4) is 0 Å². The average molecular weight is 356 g/mol. The molecule has 6 nitrogen and oxygen atoms in total. The Kier molecular flexibility index (Phi) is 4.44. The molecule has 2 heterocycles. The number of halogens is 1. The molecule has 2 amide bonds. The van der Waals surface area contributed by atoms with E-state index in [4.69, 9.17) is 0 Å². The summed E-state index contributed by atoms with van der Waals surface area (Å²) in [5.41, 5.74) is 3.26. The number of carbonyl (C=O) groups is 2. The molecule has 1 atom stereocenters. The second kappa shape index (κ2) is 6.90. The highest BCUT2D eigenvalue weighted by Gasteiger charge is 2.32. The first kappa shape index (κ1) is 16.8. The highest BCUT2D eigenvalue weighted by Crippen LogP contribution is 2.23. The lowest BCUT2D eigenvalue weighted by atomic mass is 9.95. The van der Waals surface area contributed by atoms with E-state index in [1.165, 1.54) is 12.1 Å². The number of hydrogen-bond acceptors (Lipinski definition) is 3. The maximum Gasteiger partial charge on any atom is 0.272 e. The fourth-order valence-corrected chi connectivity index (χ4v) is 3.80. The van der Waals surface area contributed by atoms with Crippen molar-refractivity contribution in [1.82, 2.24) is 20.4 Å². The minimum atomic E-state index is -0.317. The fourth-order valence-electron chi connectivity index (χ4n) is 3.80. The lowest BCUT2D eigenvalue weighted by Gasteiger charge is -2.17. The van der Waals surface area contributed by atoms with Crippen molar-refractivity contribution in [3.8, 4) is 0 Å². The summed E-state index contributed by atoms with van der Waals surface area (Å²) in [6.45, 7) is 0.772. The molecule has 0 bridgehead atoms. The molecule has 1 saturated heterocycles. The summed E-state index contributed by atoms with van der Waals surface area (Å²) >= 11 is 0. The van der Waals surface area contributed by atoms with E-state index >= 15 is 0 Å². The molecule has 0 saturated carbocycles. The normalized spacial score (nSPS) is 19.5. The number of nitrogens with one attached hydrogen (secondary N) is 2. The van der Waals surface area contributed by atoms with Gasteiger partial charge in [0, 0.05) is 30.8 Å². The maximum absolute atomic E-state index is 13.3. The number of nitrogens with zero attached hydrogens (tertiary/aromatic N) is 2. The summed E-state index contributed by atoms with van der Waals surface area (Å²) in [6.07, 6.45) is 4.23. The number of amides is 2. The number of aromatic nitrogens is 2. The summed E-state index contributed by atoms with van der Waals surface area (Å²) in [5.74, 6) is -0.583. The van der Waals surface area contributed by atoms with Gasteiger partial charge in [0.25, 0.3) is 5.91 Å². The molecule has 1 aromatic carbocycles. The van der Waals surface area contributed by atoms with E-state index in [0.29, 0.717) is 18.8 Å². The molecular weight excluding hydrogens is 335 g/mol. The number of H-pyrrole nitrogens is 1. The smallest absolute Gasteiger partial charge is 0.272 e. The lowest BCUT2D eigenvalue weighted by Crippen LogP contribution is -2.37. The number of benzene rings is 1. The van der Waals surface area contributed by atoms with Gasteiger partial charge >= 0.3 is 0 Å². The number of hydrogen-bond donors (Lipinski definition) is 2. The second-order valence-corrected chi connectivity index (χ2v) is 7.02. The third-order valence-corrected chi connectivity index (χ3v) is 5.08. The molecule has 2 aliphatic rings. The number of likely N-dealkylation sites (tertiary alicyclic amines) is 1. The van der Waals surface area contributed by atoms with Crippen LogP contribution in [-0.2, 0) is 24.2 Å². The first-order valence-corrected chi connectivity index (χ1v) is 8.99. The standard InChI is InChI=1S/C19H21FN4O2/c20-13-5-3-4-12(8-13)10-24-11-14(9-17(24)25)21-19(26)18-15-6-1-2-7-16(15)22-23-18/h3-5,8,14H,1-2,6-7,9-11H2,(H,21,26)(H,22,23)/t14-/m0/s1. The molecule has 1 aromatic heterocycles. The van der Waals surface area contributed by atoms with Crippen LogP contribution in [0.15, 0.2) is 24.3 Å². The molecular formula is C19H21FN4O2. The predicted molar refractivity (Wildman–Crippen MR) is 92.9 cm³/mol. The van der Waals surface area contributed by atoms with E-state index in [-0.39, 0.29) is 30.1 Å². The quantitative estimate of drug-likeness (QED) is 0.879. The van der Waals surface area contributed by atoms with Gasteiger partial charge in [-0.05, 0) is 43.4 Å². The molecule has 0 radical (unpaired) electrons. The van der Waals surface area contributed by atoms with Gasteiger partial charge in [-0.15, -0.1) is 0 Å². The van der Waals surface area contributed by atoms with Gasteiger partial charge in [-0.1, -0.05) is 12.1 Å². The molecule has 136 valence electrons. The minimum absolute atomic E-state index is 0.0383. The maximum atomic E-state index is 13.3. The van der Waals surface area contributed by atoms with Crippen molar-refractivity contribution in [2.24, 2.45) is 0 Å². The van der Waals surface area contributed by atoms with Crippen LogP contribution in [0, 0.1) is 5.82 Å². The van der Waals surface area contributed by atoms with Gasteiger partial charge in [0.1, 0.15) is 5.82 Å². The average Bonchev–Trinajstić information content (AvgIpc) is 3.19. The van der Waals surface area contributed by atoms with Crippen LogP contribution in [0.25, 0.3) is 0 Å². The van der Waals surface area contributed by atoms with E-state index in [1.807, 2.05) is 0 Å². The van der Waals surface area contributed by atoms with Crippen molar-refractivity contribution >= 4 is 11.8 Å². The van der Waals surface area contributed by atoms with Crippen molar-refractivity contribution in [2.45, 2.75) is 44.7 Å². The molecule has 0 unspecified atom stereocenters. The van der Waals surface area contributed by atoms with Crippen molar-refractivity contribution in [3.05, 3.63) is 52.6 Å². The van der Waals surface area contributed by atoms with Gasteiger partial charge in [0.05, 0.1) is 6.04 Å². The van der Waals surface area contributed by atoms with Crippen molar-refractivity contribution in [2.75, 3.05) is 6.54 Å². The number of aromatic amines is 1. The van der Waals surface area contributed by atoms with Gasteiger partial charge < -0.3 is 10.2 Å². The van der Waals surface area contributed by atoms with E-state index < -0.39 is 0 Å². The van der Waals surface area contributed by atoms with Gasteiger partial charge in [-0.25, -0.2) is 4.39 Å². The molecule has 2 N–H and O–H groups in total. The fraction of sp³-hybridized carbons (Fsp3) is 0.421. The Morgan fingerprint density at radius 2 is 2.19 bits per heavy atom. The number of fused-ring (bicyclic) bond motifs is 1. The summed E-state index contributed by atoms with van der Waals surface area (Å²) in [6, 6.07) is 5.97. The predicted octanol–water partition coefficient (Wildman–Crippen LogP) is 1.96. The molecule has 1 fully saturated rings. The second-order valence-electron chi connectivity index (χ2n) is 7.02. The van der Waals surface area contributed by atoms with E-state index in [2.05, 4.69) is 15.5 Å². The first-order chi connectivity index (χ1) is 12.6. The Hall–Kier alpha value is -2.70. The minimum Gasteiger partial charge on any atom is -0.346 e. The molecule has 1 aliphatic carbocycles. The molecule has 4 rings (SSSR count). The molecule has 1 aliphatic heterocycles. The third-order valence-electron chi connectivity index (χ3n) is 5.08. The van der Waals surface area contributed by atoms with Crippen LogP contribution in [0.4, 0.5) is 4.39 Å². The van der Waals surface area contributed by atoms with Crippen LogP contribution in [0.2, 0.25) is 0 Å². The first-order valence-electron chi connectivity index (χ1n) is 8.99. The van der Waals surface area contributed by atoms with Crippen molar-refractivity contribution in [3.63, 3.8) is 0 Å². The van der Waals surface area contributed by atoms with Crippen LogP contribution in [0.1, 0.15) is 46.6 Å². The Bertz CT molecular complexity index is 848. The number of rotatable bonds is 4. The zero-order valence-corrected chi connectivity index (χ0v) is 14.4. The van der Waals surface area contributed by atoms with Crippen LogP contribution in [-0.4, -0.2) is 39.5 Å². The zero-order valence-electron chi connectivity index (χ0n) is 14.4. The van der Waals surface area contributed by atoms with Crippen LogP contribution in [0.5, 0.6) is 0 Å². The number of carbonyl (C=O) groups excluding carboxylic acids is 2. The number of aryl methyl sites for hydroxylation is 1. The summed E-state index contributed by atoms with van der Waals surface area (Å²) in [5, 5.41) is 10.1. The molecule has 26 heavy (non-hydrogen) atoms. The monoisotopic (exact) mass is 356 g/mol. The van der Waals surface area contributed by atoms with E-state index in [0.717, 1.165) is 42.5 Å². The van der Waals surface area contributed by atoms with E-state index in [9.17, 15) is 14.0 Å². The topological polar surface area (TPSA) is 78.1 Å². The summed E-state index contributed by atoms with van der Waals surface area (Å²) in [7, 11) is 0. The van der Waals surface area contributed by atoms with Crippen molar-refractivity contribution < 1.29 is 14.0 Å². The third kappa shape index (κ3) is 3.34. The largest absolute Gasteiger partial charge is 0.346 e. The highest BCUT2D eigenvalue weighted by molar-refractivity contribution is 5.95. The Labute approximate surface area is 150 Å². The summed E-state index contributed by atoms with van der Waals surface area (Å²) in [4.78, 5) is 26.5. The Balaban J connectivity index is 1.39. The van der Waals surface area contributed by atoms with Gasteiger partial charge in [0.15, 0.2) is 5.69 Å². The molecule has 0 spiro atoms. The Morgan fingerprint density at radius 3 is 3.04 bits per heavy atom. The van der Waals surface area contributed by atoms with Gasteiger partial charge in [-0.2, -0.15) is 5.10 Å². The van der Waals surface area contributed by atoms with Gasteiger partial charge in [0.2, 0.25) is 5.91 Å². The summed E-state index contributed by atoms with van der Waals surface area (Å²) < 4.78 is 13.3. The zero-order chi connectivity index (χ0) is 18.1. The van der Waals surface area contributed by atoms with Crippen LogP contribution < -0.4 is 5.32 Å². The Morgan fingerprint density at radius 1 is 1.35 bits per heavy atom. The van der Waals surface area contributed by atoms with Gasteiger partial charge in [-0.3, -0.25) is 14.7 Å². The molecule has 7 heteroatoms. The van der Waals surface area contributed by atoms with Crippen LogP contribution >= 0.6 is 0 Å². The highest BCUT2D eigenvalue weighted by atomic mass is 19.1. The molecule has 2 aromatic rings. The van der Waals surface area contributed by atoms with E-state index in [1.54, 1.807) is 17.0 Å². The SMILES string of the molecule is O=C(N[C@H]1CC(=O)N(Cc2cccc(F)c2)C1)c1n[nH]c2c1CCCC2.